The van der Waals surface area contributed by atoms with E-state index in [1.54, 1.807) is 18.2 Å². The van der Waals surface area contributed by atoms with Gasteiger partial charge in [-0.3, -0.25) is 14.9 Å². The summed E-state index contributed by atoms with van der Waals surface area (Å²) >= 11 is 0. The quantitative estimate of drug-likeness (QED) is 0.125. The van der Waals surface area contributed by atoms with Gasteiger partial charge in [0.25, 0.3) is 12.2 Å². The van der Waals surface area contributed by atoms with Crippen molar-refractivity contribution in [3.8, 4) is 5.75 Å². The number of benzene rings is 2. The highest BCUT2D eigenvalue weighted by Gasteiger charge is 2.28. The van der Waals surface area contributed by atoms with E-state index in [-0.39, 0.29) is 24.2 Å². The summed E-state index contributed by atoms with van der Waals surface area (Å²) in [6, 6.07) is 11.8. The number of carbonyl (C=O) groups excluding carboxylic acids is 1. The van der Waals surface area contributed by atoms with Crippen molar-refractivity contribution < 1.29 is 24.4 Å². The van der Waals surface area contributed by atoms with Crippen LogP contribution in [0.5, 0.6) is 5.75 Å². The lowest BCUT2D eigenvalue weighted by Crippen LogP contribution is -2.17. The Kier molecular flexibility index (Phi) is 10.9. The van der Waals surface area contributed by atoms with Gasteiger partial charge in [0.05, 0.1) is 16.7 Å². The highest BCUT2D eigenvalue weighted by molar-refractivity contribution is 5.94. The fourth-order valence-corrected chi connectivity index (χ4v) is 3.97. The molecule has 2 aromatic rings. The van der Waals surface area contributed by atoms with Crippen LogP contribution < -0.4 is 21.5 Å². The zero-order valence-electron chi connectivity index (χ0n) is 20.0. The maximum absolute atomic E-state index is 10.8. The number of carbonyl (C=O) groups is 2. The van der Waals surface area contributed by atoms with Gasteiger partial charge in [-0.25, -0.2) is 4.99 Å². The summed E-state index contributed by atoms with van der Waals surface area (Å²) in [6.07, 6.45) is 6.06. The van der Waals surface area contributed by atoms with Gasteiger partial charge in [0.1, 0.15) is 17.9 Å². The molecule has 0 saturated heterocycles. The van der Waals surface area contributed by atoms with E-state index in [0.29, 0.717) is 35.8 Å². The van der Waals surface area contributed by atoms with Crippen LogP contribution in [-0.4, -0.2) is 41.8 Å². The number of aryl methyl sites for hydroxylation is 1. The van der Waals surface area contributed by atoms with Crippen LogP contribution in [0.4, 0.5) is 17.1 Å². The van der Waals surface area contributed by atoms with Crippen LogP contribution in [0.3, 0.4) is 0 Å². The molecule has 1 aliphatic carbocycles. The molecule has 6 N–H and O–H groups in total. The Labute approximate surface area is 209 Å². The van der Waals surface area contributed by atoms with Crippen LogP contribution in [0.1, 0.15) is 31.2 Å². The molecular formula is C25H31N5O6. The molecule has 0 heterocycles. The minimum atomic E-state index is -0.437. The molecule has 0 bridgehead atoms. The van der Waals surface area contributed by atoms with Crippen molar-refractivity contribution in [1.29, 1.82) is 0 Å². The van der Waals surface area contributed by atoms with Crippen LogP contribution in [0.2, 0.25) is 0 Å². The number of nitrogens with two attached hydrogens (primary N) is 2. The van der Waals surface area contributed by atoms with Crippen LogP contribution in [0, 0.1) is 16.0 Å². The first-order chi connectivity index (χ1) is 17.3. The molecule has 11 nitrogen and oxygen atoms in total. The molecule has 2 atom stereocenters. The minimum Gasteiger partial charge on any atom is -0.490 e. The van der Waals surface area contributed by atoms with Crippen LogP contribution in [-0.2, 0) is 16.0 Å². The average molecular weight is 498 g/mol. The van der Waals surface area contributed by atoms with E-state index in [4.69, 9.17) is 26.1 Å². The van der Waals surface area contributed by atoms with Crippen molar-refractivity contribution >= 4 is 35.7 Å². The lowest BCUT2D eigenvalue weighted by molar-refractivity contribution is -0.384. The van der Waals surface area contributed by atoms with E-state index >= 15 is 0 Å². The summed E-state index contributed by atoms with van der Waals surface area (Å²) in [4.78, 5) is 33.9. The van der Waals surface area contributed by atoms with E-state index in [1.165, 1.54) is 12.1 Å². The van der Waals surface area contributed by atoms with Gasteiger partial charge < -0.3 is 31.4 Å². The largest absolute Gasteiger partial charge is 0.490 e. The third-order valence-electron chi connectivity index (χ3n) is 5.67. The Hall–Kier alpha value is -4.41. The molecule has 192 valence electrons. The number of amidine groups is 1. The smallest absolute Gasteiger partial charge is 0.290 e. The van der Waals surface area contributed by atoms with Gasteiger partial charge in [0.2, 0.25) is 0 Å². The molecule has 0 aromatic heterocycles. The zero-order chi connectivity index (χ0) is 26.5. The zero-order valence-corrected chi connectivity index (χ0v) is 20.0. The summed E-state index contributed by atoms with van der Waals surface area (Å²) in [7, 11) is 1.83. The molecule has 1 fully saturated rings. The molecule has 0 spiro atoms. The second kappa shape index (κ2) is 14.1. The summed E-state index contributed by atoms with van der Waals surface area (Å²) < 4.78 is 5.96. The normalized spacial score (nSPS) is 17.5. The fourth-order valence-electron chi connectivity index (χ4n) is 3.97. The number of non-ortho nitro benzene ring substituents is 1. The molecule has 0 radical (unpaired) electrons. The summed E-state index contributed by atoms with van der Waals surface area (Å²) in [5, 5.41) is 20.8. The average Bonchev–Trinajstić information content (AvgIpc) is 3.32. The third-order valence-corrected chi connectivity index (χ3v) is 5.67. The van der Waals surface area contributed by atoms with E-state index < -0.39 is 4.92 Å². The van der Waals surface area contributed by atoms with Gasteiger partial charge in [-0.15, -0.1) is 0 Å². The van der Waals surface area contributed by atoms with E-state index in [1.807, 2.05) is 25.2 Å². The summed E-state index contributed by atoms with van der Waals surface area (Å²) in [5.74, 6) is 1.03. The number of nitro groups is 1. The van der Waals surface area contributed by atoms with Crippen molar-refractivity contribution in [3.05, 3.63) is 69.9 Å². The Morgan fingerprint density at radius 2 is 1.92 bits per heavy atom. The number of anilines is 1. The minimum absolute atomic E-state index is 0.0176. The number of rotatable bonds is 10. The molecule has 11 heteroatoms. The number of hydrogen-bond donors (Lipinski definition) is 4. The molecule has 36 heavy (non-hydrogen) atoms. The highest BCUT2D eigenvalue weighted by atomic mass is 16.6. The molecule has 3 rings (SSSR count). The van der Waals surface area contributed by atoms with E-state index in [2.05, 4.69) is 10.3 Å². The Morgan fingerprint density at radius 3 is 2.53 bits per heavy atom. The third kappa shape index (κ3) is 8.42. The molecular weight excluding hydrogens is 466 g/mol. The SMILES string of the molecule is CNc1ccc(N=C(N)/C=C(\N)C2CCC(Oc3ccc([N+](=O)[O-])cc3)C2)cc1CCC=O.O=CO. The van der Waals surface area contributed by atoms with Crippen LogP contribution >= 0.6 is 0 Å². The molecule has 2 aromatic carbocycles. The highest BCUT2D eigenvalue weighted by Crippen LogP contribution is 2.33. The second-order valence-corrected chi connectivity index (χ2v) is 8.08. The number of carboxylic acid groups (broad SMARTS) is 1. The maximum Gasteiger partial charge on any atom is 0.290 e. The number of ether oxygens (including phenoxy) is 1. The van der Waals surface area contributed by atoms with E-state index in [0.717, 1.165) is 36.8 Å². The van der Waals surface area contributed by atoms with Gasteiger partial charge in [0.15, 0.2) is 0 Å². The number of aliphatic imine (C=N–C) groups is 1. The fraction of sp³-hybridized carbons (Fsp3) is 0.320. The molecule has 1 saturated carbocycles. The van der Waals surface area contributed by atoms with Crippen molar-refractivity contribution in [2.45, 2.75) is 38.2 Å². The maximum atomic E-state index is 10.8. The molecule has 2 unspecified atom stereocenters. The van der Waals surface area contributed by atoms with E-state index in [9.17, 15) is 14.9 Å². The van der Waals surface area contributed by atoms with Crippen molar-refractivity contribution in [3.63, 3.8) is 0 Å². The Bertz CT molecular complexity index is 1100. The number of nitrogens with zero attached hydrogens (tertiary/aromatic N) is 2. The van der Waals surface area contributed by atoms with Crippen molar-refractivity contribution in [2.75, 3.05) is 12.4 Å². The molecule has 0 aliphatic heterocycles. The van der Waals surface area contributed by atoms with Gasteiger partial charge in [0, 0.05) is 42.9 Å². The first-order valence-corrected chi connectivity index (χ1v) is 11.4. The second-order valence-electron chi connectivity index (χ2n) is 8.08. The lowest BCUT2D eigenvalue weighted by atomic mass is 10.0. The number of nitrogens with one attached hydrogen (secondary N) is 1. The Morgan fingerprint density at radius 1 is 1.22 bits per heavy atom. The van der Waals surface area contributed by atoms with Gasteiger partial charge in [-0.05, 0) is 67.7 Å². The van der Waals surface area contributed by atoms with Gasteiger partial charge in [-0.1, -0.05) is 0 Å². The van der Waals surface area contributed by atoms with Crippen molar-refractivity contribution in [1.82, 2.24) is 0 Å². The van der Waals surface area contributed by atoms with Crippen molar-refractivity contribution in [2.24, 2.45) is 22.4 Å². The lowest BCUT2D eigenvalue weighted by Gasteiger charge is -2.14. The van der Waals surface area contributed by atoms with Gasteiger partial charge >= 0.3 is 0 Å². The van der Waals surface area contributed by atoms with Crippen LogP contribution in [0.15, 0.2) is 59.2 Å². The number of aldehydes is 1. The topological polar surface area (TPSA) is 183 Å². The van der Waals surface area contributed by atoms with Crippen LogP contribution in [0.25, 0.3) is 0 Å². The molecule has 0 amide bonds. The monoisotopic (exact) mass is 497 g/mol. The summed E-state index contributed by atoms with van der Waals surface area (Å²) in [5.41, 5.74) is 15.8. The molecule has 1 aliphatic rings. The van der Waals surface area contributed by atoms with Gasteiger partial charge in [-0.2, -0.15) is 0 Å². The predicted octanol–water partition coefficient (Wildman–Crippen LogP) is 3.55. The number of hydrogen-bond acceptors (Lipinski definition) is 8. The first-order valence-electron chi connectivity index (χ1n) is 11.4. The Balaban J connectivity index is 0.00000145. The number of nitro benzene ring substituents is 1. The standard InChI is InChI=1S/C24H29N5O4.CH2O2/c1-27-23-11-5-18(13-17(23)3-2-12-30)28-24(26)15-22(25)16-4-8-21(14-16)33-20-9-6-19(7-10-20)29(31)32;2-1-3/h5-7,9-13,15-16,21,27H,2-4,8,14,25H2,1H3,(H2,26,28);1H,(H,2,3)/b22-15-;. The summed E-state index contributed by atoms with van der Waals surface area (Å²) in [6.45, 7) is -0.250. The number of allylic oxidation sites excluding steroid dienone is 1. The predicted molar refractivity (Wildman–Crippen MR) is 137 cm³/mol. The first kappa shape index (κ1) is 27.8.